The number of pyridine rings is 2. The zero-order valence-corrected chi connectivity index (χ0v) is 16.8. The Morgan fingerprint density at radius 1 is 0.871 bits per heavy atom. The highest BCUT2D eigenvalue weighted by molar-refractivity contribution is 5.98. The first-order valence-corrected chi connectivity index (χ1v) is 10.2. The molecule has 2 fully saturated rings. The predicted octanol–water partition coefficient (Wildman–Crippen LogP) is 1.97. The maximum absolute atomic E-state index is 13.4. The molecule has 1 aromatic carbocycles. The van der Waals surface area contributed by atoms with Crippen molar-refractivity contribution in [2.45, 2.75) is 17.5 Å². The minimum Gasteiger partial charge on any atom is -0.394 e. The van der Waals surface area contributed by atoms with E-state index in [1.165, 1.54) is 0 Å². The molecule has 0 unspecified atom stereocenters. The molecule has 2 aliphatic rings. The molecule has 0 saturated carbocycles. The largest absolute Gasteiger partial charge is 0.394 e. The van der Waals surface area contributed by atoms with Crippen molar-refractivity contribution >= 4 is 11.8 Å². The smallest absolute Gasteiger partial charge is 0.254 e. The van der Waals surface area contributed by atoms with Crippen molar-refractivity contribution in [2.24, 2.45) is 0 Å². The number of rotatable bonds is 4. The van der Waals surface area contributed by atoms with Gasteiger partial charge < -0.3 is 14.9 Å². The van der Waals surface area contributed by atoms with Gasteiger partial charge in [0.15, 0.2) is 0 Å². The number of hydrogen-bond donors (Lipinski definition) is 1. The van der Waals surface area contributed by atoms with Crippen molar-refractivity contribution in [3.63, 3.8) is 0 Å². The number of aliphatic hydroxyl groups is 1. The molecule has 156 valence electrons. The SMILES string of the molecule is O=C(c1ccncc1)N1CC2(C1)[C@H](c1ccccc1)[C@H](CO)N2C(=O)c1ccncc1. The number of hydrogen-bond acceptors (Lipinski definition) is 5. The molecule has 1 spiro atoms. The summed E-state index contributed by atoms with van der Waals surface area (Å²) in [6, 6.07) is 16.3. The summed E-state index contributed by atoms with van der Waals surface area (Å²) in [6.07, 6.45) is 6.37. The molecule has 2 atom stereocenters. The van der Waals surface area contributed by atoms with Crippen LogP contribution in [0.3, 0.4) is 0 Å². The van der Waals surface area contributed by atoms with E-state index in [2.05, 4.69) is 9.97 Å². The van der Waals surface area contributed by atoms with Gasteiger partial charge in [-0.1, -0.05) is 30.3 Å². The molecule has 7 nitrogen and oxygen atoms in total. The standard InChI is InChI=1S/C24H22N4O3/c29-14-20-21(17-4-2-1-3-5-17)24(28(20)23(31)19-8-12-26-13-9-19)15-27(16-24)22(30)18-6-10-25-11-7-18/h1-13,20-21,29H,14-16H2/t20-,21+/m0/s1. The third-order valence-corrected chi connectivity index (χ3v) is 6.41. The number of aliphatic hydroxyl groups excluding tert-OH is 1. The summed E-state index contributed by atoms with van der Waals surface area (Å²) in [5, 5.41) is 10.2. The topological polar surface area (TPSA) is 86.6 Å². The number of carbonyl (C=O) groups excluding carboxylic acids is 2. The van der Waals surface area contributed by atoms with E-state index in [1.54, 1.807) is 58.9 Å². The van der Waals surface area contributed by atoms with Gasteiger partial charge in [-0.3, -0.25) is 19.6 Å². The normalized spacial score (nSPS) is 21.3. The molecule has 2 saturated heterocycles. The summed E-state index contributed by atoms with van der Waals surface area (Å²) in [5.41, 5.74) is 1.62. The average molecular weight is 414 g/mol. The summed E-state index contributed by atoms with van der Waals surface area (Å²) in [6.45, 7) is 0.693. The third-order valence-electron chi connectivity index (χ3n) is 6.41. The number of carbonyl (C=O) groups is 2. The quantitative estimate of drug-likeness (QED) is 0.705. The van der Waals surface area contributed by atoms with E-state index in [4.69, 9.17) is 0 Å². The molecule has 2 aromatic heterocycles. The summed E-state index contributed by atoms with van der Waals surface area (Å²) in [5.74, 6) is -0.279. The van der Waals surface area contributed by atoms with Crippen LogP contribution in [0.2, 0.25) is 0 Å². The van der Waals surface area contributed by atoms with E-state index in [0.29, 0.717) is 24.2 Å². The van der Waals surface area contributed by atoms with Crippen LogP contribution < -0.4 is 0 Å². The first kappa shape index (κ1) is 19.4. The molecule has 2 amide bonds. The molecule has 0 radical (unpaired) electrons. The molecule has 31 heavy (non-hydrogen) atoms. The van der Waals surface area contributed by atoms with Crippen LogP contribution >= 0.6 is 0 Å². The van der Waals surface area contributed by atoms with Crippen LogP contribution in [-0.2, 0) is 0 Å². The Morgan fingerprint density at radius 3 is 1.97 bits per heavy atom. The Bertz CT molecular complexity index is 1090. The van der Waals surface area contributed by atoms with Crippen molar-refractivity contribution in [3.05, 3.63) is 96.1 Å². The van der Waals surface area contributed by atoms with Crippen LogP contribution in [0.15, 0.2) is 79.4 Å². The van der Waals surface area contributed by atoms with Crippen molar-refractivity contribution in [3.8, 4) is 0 Å². The van der Waals surface area contributed by atoms with Crippen LogP contribution in [-0.4, -0.2) is 68.0 Å². The van der Waals surface area contributed by atoms with Gasteiger partial charge in [0.05, 0.1) is 18.2 Å². The van der Waals surface area contributed by atoms with Gasteiger partial charge in [0.25, 0.3) is 11.8 Å². The van der Waals surface area contributed by atoms with E-state index < -0.39 is 5.54 Å². The Labute approximate surface area is 180 Å². The zero-order valence-electron chi connectivity index (χ0n) is 16.8. The lowest BCUT2D eigenvalue weighted by Gasteiger charge is -2.70. The van der Waals surface area contributed by atoms with Crippen LogP contribution in [0.5, 0.6) is 0 Å². The van der Waals surface area contributed by atoms with E-state index in [-0.39, 0.29) is 30.4 Å². The van der Waals surface area contributed by atoms with E-state index in [1.807, 2.05) is 30.3 Å². The van der Waals surface area contributed by atoms with E-state index in [0.717, 1.165) is 5.56 Å². The van der Waals surface area contributed by atoms with Gasteiger partial charge >= 0.3 is 0 Å². The van der Waals surface area contributed by atoms with Crippen LogP contribution in [0, 0.1) is 0 Å². The second-order valence-electron chi connectivity index (χ2n) is 8.05. The van der Waals surface area contributed by atoms with Crippen molar-refractivity contribution in [1.82, 2.24) is 19.8 Å². The maximum Gasteiger partial charge on any atom is 0.254 e. The third kappa shape index (κ3) is 3.00. The van der Waals surface area contributed by atoms with Gasteiger partial charge in [-0.25, -0.2) is 0 Å². The second-order valence-corrected chi connectivity index (χ2v) is 8.05. The Kier molecular flexibility index (Phi) is 4.75. The first-order chi connectivity index (χ1) is 15.2. The number of nitrogens with zero attached hydrogens (tertiary/aromatic N) is 4. The molecule has 2 aliphatic heterocycles. The zero-order chi connectivity index (χ0) is 21.4. The van der Waals surface area contributed by atoms with Gasteiger partial charge in [-0.2, -0.15) is 0 Å². The average Bonchev–Trinajstić information content (AvgIpc) is 2.79. The highest BCUT2D eigenvalue weighted by Crippen LogP contribution is 2.54. The highest BCUT2D eigenvalue weighted by atomic mass is 16.3. The van der Waals surface area contributed by atoms with Crippen LogP contribution in [0.4, 0.5) is 0 Å². The lowest BCUT2D eigenvalue weighted by atomic mass is 9.60. The van der Waals surface area contributed by atoms with E-state index >= 15 is 0 Å². The highest BCUT2D eigenvalue weighted by Gasteiger charge is 2.68. The minimum absolute atomic E-state index is 0.0500. The maximum atomic E-state index is 13.4. The molecule has 1 N–H and O–H groups in total. The number of benzene rings is 1. The Hall–Kier alpha value is -3.58. The fourth-order valence-electron chi connectivity index (χ4n) is 5.06. The fourth-order valence-corrected chi connectivity index (χ4v) is 5.06. The first-order valence-electron chi connectivity index (χ1n) is 10.2. The summed E-state index contributed by atoms with van der Waals surface area (Å²) in [7, 11) is 0. The monoisotopic (exact) mass is 414 g/mol. The van der Waals surface area contributed by atoms with Gasteiger partial charge in [-0.05, 0) is 29.8 Å². The lowest BCUT2D eigenvalue weighted by Crippen LogP contribution is -2.86. The van der Waals surface area contributed by atoms with Gasteiger partial charge in [0.1, 0.15) is 0 Å². The van der Waals surface area contributed by atoms with Crippen molar-refractivity contribution in [1.29, 1.82) is 0 Å². The number of aromatic nitrogens is 2. The Morgan fingerprint density at radius 2 is 1.42 bits per heavy atom. The molecular weight excluding hydrogens is 392 g/mol. The van der Waals surface area contributed by atoms with Gasteiger partial charge in [0.2, 0.25) is 0 Å². The molecule has 4 heterocycles. The number of amides is 2. The second kappa shape index (κ2) is 7.59. The van der Waals surface area contributed by atoms with Crippen molar-refractivity contribution < 1.29 is 14.7 Å². The van der Waals surface area contributed by atoms with Gasteiger partial charge in [0, 0.05) is 54.9 Å². The lowest BCUT2D eigenvalue weighted by molar-refractivity contribution is -0.152. The minimum atomic E-state index is -0.544. The predicted molar refractivity (Wildman–Crippen MR) is 113 cm³/mol. The summed E-state index contributed by atoms with van der Waals surface area (Å²) in [4.78, 5) is 37.8. The molecule has 0 bridgehead atoms. The van der Waals surface area contributed by atoms with E-state index in [9.17, 15) is 14.7 Å². The Balaban J connectivity index is 1.48. The molecule has 5 rings (SSSR count). The number of likely N-dealkylation sites (tertiary alicyclic amines) is 2. The fraction of sp³-hybridized carbons (Fsp3) is 0.250. The van der Waals surface area contributed by atoms with Crippen molar-refractivity contribution in [2.75, 3.05) is 19.7 Å². The molecule has 3 aromatic rings. The summed E-state index contributed by atoms with van der Waals surface area (Å²) >= 11 is 0. The van der Waals surface area contributed by atoms with Crippen LogP contribution in [0.25, 0.3) is 0 Å². The molecular formula is C24H22N4O3. The van der Waals surface area contributed by atoms with Gasteiger partial charge in [-0.15, -0.1) is 0 Å². The summed E-state index contributed by atoms with van der Waals surface area (Å²) < 4.78 is 0. The molecule has 7 heteroatoms. The van der Waals surface area contributed by atoms with Crippen LogP contribution in [0.1, 0.15) is 32.2 Å². The molecule has 0 aliphatic carbocycles.